The smallest absolute Gasteiger partial charge is 0.147 e. The molecular weight excluding hydrogens is 246 g/mol. The summed E-state index contributed by atoms with van der Waals surface area (Å²) < 4.78 is 0. The molecule has 4 heteroatoms. The number of hydrogen-bond acceptors (Lipinski definition) is 3. The van der Waals surface area contributed by atoms with Gasteiger partial charge in [0.1, 0.15) is 5.82 Å². The molecule has 0 aromatic carbocycles. The number of nitrogens with zero attached hydrogens (tertiary/aromatic N) is 3. The van der Waals surface area contributed by atoms with E-state index in [0.29, 0.717) is 11.3 Å². The van der Waals surface area contributed by atoms with Gasteiger partial charge in [-0.2, -0.15) is 0 Å². The third-order valence-electron chi connectivity index (χ3n) is 4.46. The van der Waals surface area contributed by atoms with Gasteiger partial charge in [0, 0.05) is 19.3 Å². The number of halogens is 1. The van der Waals surface area contributed by atoms with Crippen molar-refractivity contribution in [3.05, 3.63) is 18.1 Å². The molecule has 0 atom stereocenters. The van der Waals surface area contributed by atoms with Gasteiger partial charge in [0.15, 0.2) is 0 Å². The van der Waals surface area contributed by atoms with Gasteiger partial charge in [-0.05, 0) is 18.3 Å². The summed E-state index contributed by atoms with van der Waals surface area (Å²) in [4.78, 5) is 11.1. The Morgan fingerprint density at radius 2 is 1.89 bits per heavy atom. The van der Waals surface area contributed by atoms with E-state index >= 15 is 0 Å². The Kier molecular flexibility index (Phi) is 4.44. The lowest BCUT2D eigenvalue weighted by Crippen LogP contribution is -2.40. The number of anilines is 1. The first-order chi connectivity index (χ1) is 8.73. The summed E-state index contributed by atoms with van der Waals surface area (Å²) in [6.45, 7) is 6.80. The van der Waals surface area contributed by atoms with Crippen molar-refractivity contribution in [2.75, 3.05) is 18.0 Å². The van der Waals surface area contributed by atoms with Gasteiger partial charge in [-0.25, -0.2) is 4.98 Å². The monoisotopic (exact) mass is 267 g/mol. The molecule has 1 aliphatic rings. The van der Waals surface area contributed by atoms with Crippen molar-refractivity contribution >= 4 is 17.4 Å². The van der Waals surface area contributed by atoms with E-state index in [1.165, 1.54) is 25.7 Å². The molecule has 1 aromatic rings. The fourth-order valence-electron chi connectivity index (χ4n) is 2.78. The van der Waals surface area contributed by atoms with Gasteiger partial charge in [0.2, 0.25) is 0 Å². The Bertz CT molecular complexity index is 380. The predicted molar refractivity (Wildman–Crippen MR) is 76.1 cm³/mol. The molecule has 0 saturated carbocycles. The molecule has 0 spiro atoms. The zero-order chi connectivity index (χ0) is 13.0. The van der Waals surface area contributed by atoms with Gasteiger partial charge >= 0.3 is 0 Å². The average molecular weight is 268 g/mol. The van der Waals surface area contributed by atoms with Crippen molar-refractivity contribution in [3.8, 4) is 0 Å². The van der Waals surface area contributed by atoms with E-state index in [9.17, 15) is 0 Å². The Morgan fingerprint density at radius 1 is 1.22 bits per heavy atom. The van der Waals surface area contributed by atoms with Crippen molar-refractivity contribution in [2.45, 2.75) is 45.4 Å². The highest BCUT2D eigenvalue weighted by Gasteiger charge is 2.31. The Balaban J connectivity index is 2.04. The fourth-order valence-corrected chi connectivity index (χ4v) is 2.91. The fraction of sp³-hybridized carbons (Fsp3) is 0.714. The molecule has 1 fully saturated rings. The van der Waals surface area contributed by atoms with E-state index in [1.807, 2.05) is 6.20 Å². The van der Waals surface area contributed by atoms with Crippen molar-refractivity contribution in [1.29, 1.82) is 0 Å². The minimum absolute atomic E-state index is 0.433. The van der Waals surface area contributed by atoms with Gasteiger partial charge in [-0.1, -0.05) is 26.7 Å². The van der Waals surface area contributed by atoms with Crippen molar-refractivity contribution < 1.29 is 0 Å². The molecule has 0 radical (unpaired) electrons. The molecular formula is C14H22ClN3. The summed E-state index contributed by atoms with van der Waals surface area (Å²) in [6.07, 6.45) is 8.67. The van der Waals surface area contributed by atoms with E-state index < -0.39 is 0 Å². The van der Waals surface area contributed by atoms with Crippen LogP contribution in [0.2, 0.25) is 0 Å². The number of rotatable bonds is 4. The summed E-state index contributed by atoms with van der Waals surface area (Å²) in [5, 5.41) is 0. The van der Waals surface area contributed by atoms with Crippen LogP contribution in [-0.2, 0) is 5.88 Å². The van der Waals surface area contributed by atoms with Crippen LogP contribution in [0.15, 0.2) is 12.4 Å². The summed E-state index contributed by atoms with van der Waals surface area (Å²) in [7, 11) is 0. The minimum atomic E-state index is 0.433. The molecule has 1 aliphatic heterocycles. The lowest BCUT2D eigenvalue weighted by molar-refractivity contribution is 0.199. The van der Waals surface area contributed by atoms with Crippen LogP contribution in [0.25, 0.3) is 0 Å². The molecule has 0 N–H and O–H groups in total. The van der Waals surface area contributed by atoms with E-state index in [-0.39, 0.29) is 0 Å². The van der Waals surface area contributed by atoms with Crippen LogP contribution in [0.5, 0.6) is 0 Å². The maximum absolute atomic E-state index is 5.81. The van der Waals surface area contributed by atoms with E-state index in [1.54, 1.807) is 6.20 Å². The third-order valence-corrected chi connectivity index (χ3v) is 4.73. The third kappa shape index (κ3) is 2.77. The van der Waals surface area contributed by atoms with Crippen LogP contribution in [0.1, 0.15) is 45.2 Å². The topological polar surface area (TPSA) is 29.0 Å². The summed E-state index contributed by atoms with van der Waals surface area (Å²) in [6, 6.07) is 0. The minimum Gasteiger partial charge on any atom is -0.355 e. The zero-order valence-corrected chi connectivity index (χ0v) is 12.1. The molecule has 1 aromatic heterocycles. The second kappa shape index (κ2) is 5.87. The van der Waals surface area contributed by atoms with Crippen LogP contribution >= 0.6 is 11.6 Å². The lowest BCUT2D eigenvalue weighted by atomic mass is 9.74. The van der Waals surface area contributed by atoms with Gasteiger partial charge in [-0.3, -0.25) is 4.98 Å². The maximum Gasteiger partial charge on any atom is 0.147 e. The second-order valence-corrected chi connectivity index (χ2v) is 5.46. The maximum atomic E-state index is 5.81. The molecule has 0 bridgehead atoms. The molecule has 0 aliphatic carbocycles. The Morgan fingerprint density at radius 3 is 2.44 bits per heavy atom. The van der Waals surface area contributed by atoms with Crippen LogP contribution in [0.4, 0.5) is 5.82 Å². The Hall–Kier alpha value is -0.830. The number of alkyl halides is 1. The molecule has 2 rings (SSSR count). The van der Waals surface area contributed by atoms with E-state index in [4.69, 9.17) is 11.6 Å². The highest BCUT2D eigenvalue weighted by molar-refractivity contribution is 6.16. The molecule has 2 heterocycles. The van der Waals surface area contributed by atoms with Crippen molar-refractivity contribution in [2.24, 2.45) is 5.41 Å². The largest absolute Gasteiger partial charge is 0.355 e. The zero-order valence-electron chi connectivity index (χ0n) is 11.3. The van der Waals surface area contributed by atoms with Crippen LogP contribution < -0.4 is 4.90 Å². The van der Waals surface area contributed by atoms with Gasteiger partial charge in [0.25, 0.3) is 0 Å². The summed E-state index contributed by atoms with van der Waals surface area (Å²) >= 11 is 5.81. The number of piperidine rings is 1. The second-order valence-electron chi connectivity index (χ2n) is 5.20. The molecule has 3 nitrogen and oxygen atoms in total. The Labute approximate surface area is 115 Å². The van der Waals surface area contributed by atoms with E-state index in [0.717, 1.165) is 24.6 Å². The molecule has 1 saturated heterocycles. The van der Waals surface area contributed by atoms with Gasteiger partial charge < -0.3 is 4.90 Å². The average Bonchev–Trinajstić information content (AvgIpc) is 2.47. The number of aromatic nitrogens is 2. The SMILES string of the molecule is CCC1(CC)CCN(c2cncc(CCl)n2)CC1. The molecule has 18 heavy (non-hydrogen) atoms. The highest BCUT2D eigenvalue weighted by atomic mass is 35.5. The highest BCUT2D eigenvalue weighted by Crippen LogP contribution is 2.38. The van der Waals surface area contributed by atoms with Crippen molar-refractivity contribution in [3.63, 3.8) is 0 Å². The lowest BCUT2D eigenvalue weighted by Gasteiger charge is -2.41. The first kappa shape index (κ1) is 13.6. The quantitative estimate of drug-likeness (QED) is 0.780. The molecule has 0 amide bonds. The first-order valence-electron chi connectivity index (χ1n) is 6.85. The van der Waals surface area contributed by atoms with Gasteiger partial charge in [-0.15, -0.1) is 11.6 Å². The predicted octanol–water partition coefficient (Wildman–Crippen LogP) is 3.62. The summed E-state index contributed by atoms with van der Waals surface area (Å²) in [5.74, 6) is 1.41. The van der Waals surface area contributed by atoms with Crippen LogP contribution in [0.3, 0.4) is 0 Å². The van der Waals surface area contributed by atoms with E-state index in [2.05, 4.69) is 28.7 Å². The normalized spacial score (nSPS) is 18.9. The van der Waals surface area contributed by atoms with Crippen LogP contribution in [-0.4, -0.2) is 23.1 Å². The van der Waals surface area contributed by atoms with Crippen LogP contribution in [0, 0.1) is 5.41 Å². The first-order valence-corrected chi connectivity index (χ1v) is 7.38. The van der Waals surface area contributed by atoms with Crippen molar-refractivity contribution in [1.82, 2.24) is 9.97 Å². The molecule has 100 valence electrons. The summed E-state index contributed by atoms with van der Waals surface area (Å²) in [5.41, 5.74) is 1.41. The van der Waals surface area contributed by atoms with Gasteiger partial charge in [0.05, 0.1) is 17.8 Å². The molecule has 0 unspecified atom stereocenters. The standard InChI is InChI=1S/C14H22ClN3/c1-3-14(4-2)5-7-18(8-6-14)13-11-16-10-12(9-15)17-13/h10-11H,3-9H2,1-2H3. The number of hydrogen-bond donors (Lipinski definition) is 0.